The number of hydrogen-bond acceptors (Lipinski definition) is 3. The van der Waals surface area contributed by atoms with Crippen LogP contribution in [0, 0.1) is 0 Å². The van der Waals surface area contributed by atoms with Gasteiger partial charge in [0.25, 0.3) is 0 Å². The molecule has 1 aromatic carbocycles. The number of hydrogen-bond donors (Lipinski definition) is 1. The average molecular weight is 486 g/mol. The molecule has 0 amide bonds. The van der Waals surface area contributed by atoms with Crippen LogP contribution in [0.2, 0.25) is 0 Å². The summed E-state index contributed by atoms with van der Waals surface area (Å²) in [6.45, 7) is 4.02. The predicted octanol–water partition coefficient (Wildman–Crippen LogP) is 2.83. The second-order valence-corrected chi connectivity index (χ2v) is 5.88. The van der Waals surface area contributed by atoms with Crippen molar-refractivity contribution in [2.45, 2.75) is 19.1 Å². The van der Waals surface area contributed by atoms with Crippen LogP contribution in [-0.4, -0.2) is 74.4 Å². The van der Waals surface area contributed by atoms with Gasteiger partial charge in [-0.1, -0.05) is 18.2 Å². The van der Waals surface area contributed by atoms with E-state index in [0.29, 0.717) is 45.3 Å². The first kappa shape index (κ1) is 22.8. The molecule has 5 nitrogen and oxygen atoms in total. The zero-order valence-corrected chi connectivity index (χ0v) is 17.3. The second-order valence-electron chi connectivity index (χ2n) is 5.88. The van der Waals surface area contributed by atoms with E-state index in [1.54, 1.807) is 7.05 Å². The minimum atomic E-state index is -4.18. The molecule has 1 saturated heterocycles. The van der Waals surface area contributed by atoms with Gasteiger partial charge in [-0.25, -0.2) is 0 Å². The van der Waals surface area contributed by atoms with Gasteiger partial charge >= 0.3 is 6.18 Å². The number of alkyl halides is 3. The van der Waals surface area contributed by atoms with E-state index in [9.17, 15) is 13.2 Å². The largest absolute Gasteiger partial charge is 0.492 e. The van der Waals surface area contributed by atoms with Crippen LogP contribution in [-0.2, 0) is 0 Å². The molecule has 1 unspecified atom stereocenters. The number of ether oxygens (including phenoxy) is 1. The van der Waals surface area contributed by atoms with Crippen molar-refractivity contribution in [2.75, 3.05) is 46.4 Å². The van der Waals surface area contributed by atoms with Crippen molar-refractivity contribution < 1.29 is 17.9 Å². The molecule has 1 atom stereocenters. The molecule has 1 aromatic rings. The van der Waals surface area contributed by atoms with Crippen LogP contribution in [0.5, 0.6) is 5.75 Å². The van der Waals surface area contributed by atoms with Gasteiger partial charge in [-0.3, -0.25) is 9.89 Å². The molecule has 0 aliphatic carbocycles. The third-order valence-electron chi connectivity index (χ3n) is 4.24. The maximum absolute atomic E-state index is 12.8. The van der Waals surface area contributed by atoms with Gasteiger partial charge in [0.15, 0.2) is 5.96 Å². The van der Waals surface area contributed by atoms with E-state index in [1.165, 1.54) is 11.8 Å². The molecule has 0 aromatic heterocycles. The first-order valence-corrected chi connectivity index (χ1v) is 8.36. The lowest BCUT2D eigenvalue weighted by molar-refractivity contribution is -0.181. The highest BCUT2D eigenvalue weighted by Gasteiger charge is 2.41. The number of piperazine rings is 1. The number of benzene rings is 1. The molecule has 2 rings (SSSR count). The molecule has 0 radical (unpaired) electrons. The zero-order chi connectivity index (χ0) is 18.3. The maximum atomic E-state index is 12.8. The molecule has 0 spiro atoms. The number of nitrogens with one attached hydrogen (secondary N) is 1. The quantitative estimate of drug-likeness (QED) is 0.301. The summed E-state index contributed by atoms with van der Waals surface area (Å²) in [5, 5.41) is 3.19. The molecule has 1 aliphatic rings. The summed E-state index contributed by atoms with van der Waals surface area (Å²) in [6.07, 6.45) is -4.18. The topological polar surface area (TPSA) is 40.1 Å². The van der Waals surface area contributed by atoms with Crippen molar-refractivity contribution in [2.24, 2.45) is 4.99 Å². The van der Waals surface area contributed by atoms with Crippen molar-refractivity contribution in [1.29, 1.82) is 0 Å². The highest BCUT2D eigenvalue weighted by Crippen LogP contribution is 2.25. The zero-order valence-electron chi connectivity index (χ0n) is 15.0. The number of rotatable bonds is 5. The molecule has 26 heavy (non-hydrogen) atoms. The van der Waals surface area contributed by atoms with E-state index in [1.807, 2.05) is 35.2 Å². The van der Waals surface area contributed by atoms with Gasteiger partial charge in [-0.05, 0) is 19.1 Å². The number of halogens is 4. The van der Waals surface area contributed by atoms with E-state index < -0.39 is 12.2 Å². The Bertz CT molecular complexity index is 549. The standard InChI is InChI=1S/C17H25F3N4O.HI/c1-14(17(18,19)20)23-9-11-24(12-10-23)16(21-2)22-8-13-25-15-6-4-3-5-7-15;/h3-7,14H,8-13H2,1-2H3,(H,21,22);1H. The Morgan fingerprint density at radius 1 is 1.19 bits per heavy atom. The van der Waals surface area contributed by atoms with E-state index in [-0.39, 0.29) is 24.0 Å². The summed E-state index contributed by atoms with van der Waals surface area (Å²) in [6, 6.07) is 8.09. The lowest BCUT2D eigenvalue weighted by atomic mass is 10.2. The molecule has 1 fully saturated rings. The van der Waals surface area contributed by atoms with Gasteiger partial charge in [-0.15, -0.1) is 24.0 Å². The van der Waals surface area contributed by atoms with Crippen LogP contribution >= 0.6 is 24.0 Å². The number of para-hydroxylation sites is 1. The summed E-state index contributed by atoms with van der Waals surface area (Å²) in [7, 11) is 1.67. The fraction of sp³-hybridized carbons (Fsp3) is 0.588. The van der Waals surface area contributed by atoms with Crippen LogP contribution < -0.4 is 10.1 Å². The summed E-state index contributed by atoms with van der Waals surface area (Å²) >= 11 is 0. The molecule has 1 heterocycles. The minimum Gasteiger partial charge on any atom is -0.492 e. The summed E-state index contributed by atoms with van der Waals surface area (Å²) in [5.74, 6) is 1.49. The normalized spacial score (nSPS) is 17.4. The fourth-order valence-electron chi connectivity index (χ4n) is 2.71. The Kier molecular flexibility index (Phi) is 9.48. The van der Waals surface area contributed by atoms with Crippen LogP contribution in [0.4, 0.5) is 13.2 Å². The summed E-state index contributed by atoms with van der Waals surface area (Å²) in [4.78, 5) is 7.65. The summed E-state index contributed by atoms with van der Waals surface area (Å²) in [5.41, 5.74) is 0. The first-order chi connectivity index (χ1) is 11.9. The minimum absolute atomic E-state index is 0. The fourth-order valence-corrected chi connectivity index (χ4v) is 2.71. The van der Waals surface area contributed by atoms with Gasteiger partial charge in [0.05, 0.1) is 6.54 Å². The monoisotopic (exact) mass is 486 g/mol. The number of aliphatic imine (C=N–C) groups is 1. The third kappa shape index (κ3) is 6.82. The predicted molar refractivity (Wildman–Crippen MR) is 107 cm³/mol. The molecule has 0 bridgehead atoms. The van der Waals surface area contributed by atoms with Crippen LogP contribution in [0.3, 0.4) is 0 Å². The Morgan fingerprint density at radius 2 is 1.81 bits per heavy atom. The van der Waals surface area contributed by atoms with Crippen molar-refractivity contribution in [3.8, 4) is 5.75 Å². The molecule has 9 heteroatoms. The van der Waals surface area contributed by atoms with Crippen molar-refractivity contribution in [1.82, 2.24) is 15.1 Å². The third-order valence-corrected chi connectivity index (χ3v) is 4.24. The second kappa shape index (κ2) is 10.8. The molecule has 1 aliphatic heterocycles. The Labute approximate surface area is 169 Å². The Balaban J connectivity index is 0.00000338. The van der Waals surface area contributed by atoms with E-state index in [0.717, 1.165) is 5.75 Å². The van der Waals surface area contributed by atoms with Gasteiger partial charge < -0.3 is 15.0 Å². The average Bonchev–Trinajstić information content (AvgIpc) is 2.61. The lowest BCUT2D eigenvalue weighted by Gasteiger charge is -2.39. The van der Waals surface area contributed by atoms with Gasteiger partial charge in [-0.2, -0.15) is 13.2 Å². The molecule has 148 valence electrons. The molecule has 0 saturated carbocycles. The number of guanidine groups is 1. The van der Waals surface area contributed by atoms with Crippen LogP contribution in [0.15, 0.2) is 35.3 Å². The van der Waals surface area contributed by atoms with Gasteiger partial charge in [0.2, 0.25) is 0 Å². The number of nitrogens with zero attached hydrogens (tertiary/aromatic N) is 3. The lowest BCUT2D eigenvalue weighted by Crippen LogP contribution is -2.57. The SMILES string of the molecule is CN=C(NCCOc1ccccc1)N1CCN(C(C)C(F)(F)F)CC1.I. The van der Waals surface area contributed by atoms with E-state index >= 15 is 0 Å². The highest BCUT2D eigenvalue weighted by molar-refractivity contribution is 14.0. The Morgan fingerprint density at radius 3 is 2.35 bits per heavy atom. The van der Waals surface area contributed by atoms with Crippen molar-refractivity contribution >= 4 is 29.9 Å². The van der Waals surface area contributed by atoms with Crippen LogP contribution in [0.25, 0.3) is 0 Å². The van der Waals surface area contributed by atoms with Crippen molar-refractivity contribution in [3.63, 3.8) is 0 Å². The summed E-state index contributed by atoms with van der Waals surface area (Å²) < 4.78 is 44.0. The highest BCUT2D eigenvalue weighted by atomic mass is 127. The van der Waals surface area contributed by atoms with E-state index in [4.69, 9.17) is 4.74 Å². The van der Waals surface area contributed by atoms with Crippen LogP contribution in [0.1, 0.15) is 6.92 Å². The Hall–Kier alpha value is -1.23. The van der Waals surface area contributed by atoms with E-state index in [2.05, 4.69) is 10.3 Å². The van der Waals surface area contributed by atoms with Gasteiger partial charge in [0.1, 0.15) is 18.4 Å². The maximum Gasteiger partial charge on any atom is 0.403 e. The smallest absolute Gasteiger partial charge is 0.403 e. The molecule has 1 N–H and O–H groups in total. The molecular formula is C17H26F3IN4O. The van der Waals surface area contributed by atoms with Crippen molar-refractivity contribution in [3.05, 3.63) is 30.3 Å². The molecular weight excluding hydrogens is 460 g/mol. The van der Waals surface area contributed by atoms with Gasteiger partial charge in [0, 0.05) is 33.2 Å². The first-order valence-electron chi connectivity index (χ1n) is 8.36.